The molecule has 9 heteroatoms. The van der Waals surface area contributed by atoms with Gasteiger partial charge in [-0.15, -0.1) is 0 Å². The van der Waals surface area contributed by atoms with E-state index in [9.17, 15) is 18.0 Å². The number of aromatic nitrogens is 1. The van der Waals surface area contributed by atoms with E-state index in [2.05, 4.69) is 5.32 Å². The van der Waals surface area contributed by atoms with Gasteiger partial charge in [0.15, 0.2) is 0 Å². The normalized spacial score (nSPS) is 11.7. The maximum Gasteiger partial charge on any atom is 0.308 e. The predicted molar refractivity (Wildman–Crippen MR) is 127 cm³/mol. The van der Waals surface area contributed by atoms with Crippen molar-refractivity contribution in [2.24, 2.45) is 0 Å². The van der Waals surface area contributed by atoms with Crippen molar-refractivity contribution in [1.82, 2.24) is 4.57 Å². The third-order valence-corrected chi connectivity index (χ3v) is 7.06. The number of aryl methyl sites for hydroxylation is 1. The molecule has 4 aromatic rings. The van der Waals surface area contributed by atoms with E-state index in [4.69, 9.17) is 0 Å². The molecule has 1 N–H and O–H groups in total. The number of benzene rings is 3. The van der Waals surface area contributed by atoms with Gasteiger partial charge in [-0.2, -0.15) is 0 Å². The summed E-state index contributed by atoms with van der Waals surface area (Å²) in [6, 6.07) is 18.0. The van der Waals surface area contributed by atoms with E-state index in [1.807, 2.05) is 37.3 Å². The quantitative estimate of drug-likeness (QED) is 0.481. The number of carbonyl (C=O) groups is 1. The summed E-state index contributed by atoms with van der Waals surface area (Å²) in [5.41, 5.74) is 1.77. The van der Waals surface area contributed by atoms with Crippen molar-refractivity contribution >= 4 is 59.6 Å². The number of nitrogens with zero attached hydrogens (tertiary/aromatic N) is 2. The number of hydrogen-bond donors (Lipinski definition) is 1. The zero-order valence-corrected chi connectivity index (χ0v) is 18.7. The second-order valence-corrected chi connectivity index (χ2v) is 10.0. The minimum Gasteiger partial charge on any atom is -0.324 e. The molecule has 0 aliphatic carbocycles. The first-order valence-corrected chi connectivity index (χ1v) is 12.3. The highest BCUT2D eigenvalue weighted by atomic mass is 32.2. The van der Waals surface area contributed by atoms with Gasteiger partial charge in [-0.3, -0.25) is 18.5 Å². The van der Waals surface area contributed by atoms with Crippen LogP contribution >= 0.6 is 11.3 Å². The monoisotopic (exact) mass is 455 g/mol. The fraction of sp³-hybridized carbons (Fsp3) is 0.182. The molecular weight excluding hydrogens is 434 g/mol. The minimum atomic E-state index is -3.71. The smallest absolute Gasteiger partial charge is 0.308 e. The number of thiazole rings is 1. The van der Waals surface area contributed by atoms with Crippen LogP contribution in [-0.4, -0.2) is 31.7 Å². The molecule has 1 heterocycles. The number of hydrogen-bond acceptors (Lipinski definition) is 5. The van der Waals surface area contributed by atoms with Crippen LogP contribution in [0.4, 0.5) is 11.4 Å². The molecule has 3 aromatic carbocycles. The number of carbonyl (C=O) groups excluding carboxylic acids is 1. The molecule has 31 heavy (non-hydrogen) atoms. The van der Waals surface area contributed by atoms with Crippen molar-refractivity contribution in [1.29, 1.82) is 0 Å². The molecule has 0 saturated heterocycles. The van der Waals surface area contributed by atoms with Gasteiger partial charge in [0.2, 0.25) is 15.9 Å². The van der Waals surface area contributed by atoms with Crippen LogP contribution in [0.3, 0.4) is 0 Å². The zero-order valence-electron chi connectivity index (χ0n) is 17.0. The minimum absolute atomic E-state index is 0.0554. The highest BCUT2D eigenvalue weighted by Crippen LogP contribution is 2.28. The summed E-state index contributed by atoms with van der Waals surface area (Å²) < 4.78 is 28.6. The highest BCUT2D eigenvalue weighted by molar-refractivity contribution is 7.92. The molecular formula is C22H21N3O4S2. The van der Waals surface area contributed by atoms with E-state index in [0.29, 0.717) is 17.9 Å². The first kappa shape index (κ1) is 21.1. The molecule has 0 saturated carbocycles. The third-order valence-electron chi connectivity index (χ3n) is 4.99. The molecule has 0 spiro atoms. The fourth-order valence-electron chi connectivity index (χ4n) is 3.58. The van der Waals surface area contributed by atoms with Crippen LogP contribution in [0.1, 0.15) is 6.92 Å². The molecule has 0 unspecified atom stereocenters. The Morgan fingerprint density at radius 3 is 2.58 bits per heavy atom. The second kappa shape index (κ2) is 8.16. The van der Waals surface area contributed by atoms with E-state index in [0.717, 1.165) is 42.9 Å². The van der Waals surface area contributed by atoms with Crippen molar-refractivity contribution in [3.63, 3.8) is 0 Å². The third kappa shape index (κ3) is 4.19. The van der Waals surface area contributed by atoms with Crippen LogP contribution in [-0.2, 0) is 21.4 Å². The van der Waals surface area contributed by atoms with E-state index in [-0.39, 0.29) is 11.4 Å². The number of rotatable bonds is 6. The Hall–Kier alpha value is -3.17. The lowest BCUT2D eigenvalue weighted by atomic mass is 10.1. The first-order valence-electron chi connectivity index (χ1n) is 9.66. The number of sulfonamides is 1. The molecule has 0 radical (unpaired) electrons. The SMILES string of the molecule is CCn1c(=O)sc2cc(NC(=O)CN(c3cccc4ccccc34)S(C)(=O)=O)ccc21. The van der Waals surface area contributed by atoms with Gasteiger partial charge in [-0.1, -0.05) is 47.7 Å². The molecule has 0 aliphatic rings. The topological polar surface area (TPSA) is 88.5 Å². The Balaban J connectivity index is 1.63. The number of amides is 1. The lowest BCUT2D eigenvalue weighted by Gasteiger charge is -2.23. The molecule has 1 amide bonds. The second-order valence-electron chi connectivity index (χ2n) is 7.11. The van der Waals surface area contributed by atoms with Gasteiger partial charge in [-0.05, 0) is 36.6 Å². The molecule has 0 fully saturated rings. The van der Waals surface area contributed by atoms with E-state index >= 15 is 0 Å². The Bertz CT molecular complexity index is 1450. The maximum atomic E-state index is 12.8. The van der Waals surface area contributed by atoms with Crippen molar-refractivity contribution < 1.29 is 13.2 Å². The lowest BCUT2D eigenvalue weighted by molar-refractivity contribution is -0.114. The molecule has 160 valence electrons. The van der Waals surface area contributed by atoms with Crippen LogP contribution in [0.2, 0.25) is 0 Å². The average Bonchev–Trinajstić information content (AvgIpc) is 3.05. The van der Waals surface area contributed by atoms with Crippen molar-refractivity contribution in [2.45, 2.75) is 13.5 Å². The van der Waals surface area contributed by atoms with Crippen LogP contribution < -0.4 is 14.5 Å². The summed E-state index contributed by atoms with van der Waals surface area (Å²) in [6.45, 7) is 2.10. The maximum absolute atomic E-state index is 12.8. The summed E-state index contributed by atoms with van der Waals surface area (Å²) >= 11 is 1.11. The van der Waals surface area contributed by atoms with E-state index in [1.165, 1.54) is 0 Å². The fourth-order valence-corrected chi connectivity index (χ4v) is 5.44. The van der Waals surface area contributed by atoms with Gasteiger partial charge in [-0.25, -0.2) is 8.42 Å². The zero-order chi connectivity index (χ0) is 22.2. The van der Waals surface area contributed by atoms with Crippen molar-refractivity contribution in [2.75, 3.05) is 22.4 Å². The van der Waals surface area contributed by atoms with Crippen LogP contribution in [0.5, 0.6) is 0 Å². The first-order chi connectivity index (χ1) is 14.8. The van der Waals surface area contributed by atoms with Crippen LogP contribution in [0.25, 0.3) is 21.0 Å². The van der Waals surface area contributed by atoms with E-state index < -0.39 is 15.9 Å². The van der Waals surface area contributed by atoms with Gasteiger partial charge >= 0.3 is 4.87 Å². The lowest BCUT2D eigenvalue weighted by Crippen LogP contribution is -2.37. The summed E-state index contributed by atoms with van der Waals surface area (Å²) in [6.07, 6.45) is 1.08. The Kier molecular flexibility index (Phi) is 5.55. The summed E-state index contributed by atoms with van der Waals surface area (Å²) in [4.78, 5) is 24.8. The summed E-state index contributed by atoms with van der Waals surface area (Å²) in [7, 11) is -3.71. The molecule has 1 aromatic heterocycles. The Labute approximate surface area is 183 Å². The molecule has 0 atom stereocenters. The van der Waals surface area contributed by atoms with Gasteiger partial charge in [0.05, 0.1) is 22.2 Å². The van der Waals surface area contributed by atoms with Crippen LogP contribution in [0.15, 0.2) is 65.5 Å². The van der Waals surface area contributed by atoms with E-state index in [1.54, 1.807) is 34.9 Å². The van der Waals surface area contributed by atoms with Gasteiger partial charge in [0, 0.05) is 17.6 Å². The standard InChI is InChI=1S/C22H21N3O4S2/c1-3-24-19-12-11-16(13-20(19)30-22(24)27)23-21(26)14-25(31(2,28)29)18-10-6-8-15-7-4-5-9-17(15)18/h4-13H,3,14H2,1-2H3,(H,23,26). The number of anilines is 2. The summed E-state index contributed by atoms with van der Waals surface area (Å²) in [5.74, 6) is -0.472. The molecule has 4 rings (SSSR count). The highest BCUT2D eigenvalue weighted by Gasteiger charge is 2.22. The van der Waals surface area contributed by atoms with Gasteiger partial charge < -0.3 is 5.32 Å². The number of nitrogens with one attached hydrogen (secondary N) is 1. The average molecular weight is 456 g/mol. The van der Waals surface area contributed by atoms with Crippen molar-refractivity contribution in [3.05, 3.63) is 70.3 Å². The molecule has 0 bridgehead atoms. The largest absolute Gasteiger partial charge is 0.324 e. The molecule has 7 nitrogen and oxygen atoms in total. The van der Waals surface area contributed by atoms with Crippen LogP contribution in [0, 0.1) is 0 Å². The number of fused-ring (bicyclic) bond motifs is 2. The molecule has 0 aliphatic heterocycles. The predicted octanol–water partition coefficient (Wildman–Crippen LogP) is 3.64. The summed E-state index contributed by atoms with van der Waals surface area (Å²) in [5, 5.41) is 4.38. The van der Waals surface area contributed by atoms with Gasteiger partial charge in [0.25, 0.3) is 0 Å². The Morgan fingerprint density at radius 1 is 1.10 bits per heavy atom. The van der Waals surface area contributed by atoms with Gasteiger partial charge in [0.1, 0.15) is 6.54 Å². The van der Waals surface area contributed by atoms with Crippen molar-refractivity contribution in [3.8, 4) is 0 Å². The Morgan fingerprint density at radius 2 is 1.84 bits per heavy atom.